The van der Waals surface area contributed by atoms with Crippen molar-refractivity contribution in [3.63, 3.8) is 0 Å². The highest BCUT2D eigenvalue weighted by atomic mass is 35.5. The largest absolute Gasteiger partial charge is 0.396 e. The van der Waals surface area contributed by atoms with Crippen molar-refractivity contribution in [3.8, 4) is 0 Å². The van der Waals surface area contributed by atoms with Crippen molar-refractivity contribution < 1.29 is 5.11 Å². The molecule has 0 unspecified atom stereocenters. The van der Waals surface area contributed by atoms with E-state index in [1.54, 1.807) is 11.8 Å². The smallest absolute Gasteiger partial charge is 0.0544 e. The molecule has 2 nitrogen and oxygen atoms in total. The van der Waals surface area contributed by atoms with E-state index < -0.39 is 0 Å². The monoisotopic (exact) mass is 257 g/mol. The molecule has 0 spiro atoms. The Morgan fingerprint density at radius 2 is 2.12 bits per heavy atom. The molecule has 0 radical (unpaired) electrons. The van der Waals surface area contributed by atoms with Gasteiger partial charge in [-0.05, 0) is 43.1 Å². The third-order valence-electron chi connectivity index (χ3n) is 2.77. The van der Waals surface area contributed by atoms with E-state index in [4.69, 9.17) is 16.7 Å². The Morgan fingerprint density at radius 3 is 2.94 bits per heavy atom. The molecule has 2 N–H and O–H groups in total. The Morgan fingerprint density at radius 1 is 1.31 bits per heavy atom. The summed E-state index contributed by atoms with van der Waals surface area (Å²) in [6.45, 7) is 2.25. The van der Waals surface area contributed by atoms with Gasteiger partial charge in [-0.2, -0.15) is 0 Å². The first-order valence-electron chi connectivity index (χ1n) is 5.57. The summed E-state index contributed by atoms with van der Waals surface area (Å²) in [5.74, 6) is 0.712. The molecule has 0 saturated heterocycles. The Hall–Kier alpha value is -0.220. The minimum atomic E-state index is 0.197. The molecule has 1 heterocycles. The number of benzene rings is 1. The summed E-state index contributed by atoms with van der Waals surface area (Å²) in [7, 11) is 0. The fourth-order valence-electron chi connectivity index (χ4n) is 2.01. The molecule has 0 atom stereocenters. The van der Waals surface area contributed by atoms with Gasteiger partial charge in [0.2, 0.25) is 0 Å². The minimum Gasteiger partial charge on any atom is -0.396 e. The molecular formula is C12H16ClNOS. The second-order valence-corrected chi connectivity index (χ2v) is 5.35. The molecule has 1 aromatic rings. The van der Waals surface area contributed by atoms with Gasteiger partial charge >= 0.3 is 0 Å². The average Bonchev–Trinajstić information content (AvgIpc) is 2.53. The zero-order valence-electron chi connectivity index (χ0n) is 9.13. The van der Waals surface area contributed by atoms with E-state index in [-0.39, 0.29) is 6.61 Å². The second-order valence-electron chi connectivity index (χ2n) is 3.84. The predicted octanol–water partition coefficient (Wildman–Crippen LogP) is 2.11. The molecule has 1 aliphatic heterocycles. The summed E-state index contributed by atoms with van der Waals surface area (Å²) in [6.07, 6.45) is 2.10. The third kappa shape index (κ3) is 2.72. The summed E-state index contributed by atoms with van der Waals surface area (Å²) < 4.78 is 0. The van der Waals surface area contributed by atoms with Crippen LogP contribution in [0.2, 0.25) is 5.02 Å². The van der Waals surface area contributed by atoms with Gasteiger partial charge in [-0.15, -0.1) is 11.8 Å². The number of thioether (sulfide) groups is 1. The lowest BCUT2D eigenvalue weighted by Crippen LogP contribution is -2.16. The van der Waals surface area contributed by atoms with Crippen molar-refractivity contribution in [2.24, 2.45) is 0 Å². The van der Waals surface area contributed by atoms with Gasteiger partial charge in [-0.25, -0.2) is 0 Å². The number of nitrogens with one attached hydrogen (secondary N) is 1. The SMILES string of the molecule is OCCSc1c(Cl)ccc2c1CCNCC2. The van der Waals surface area contributed by atoms with Crippen molar-refractivity contribution in [2.45, 2.75) is 17.7 Å². The Kier molecular flexibility index (Phi) is 4.53. The van der Waals surface area contributed by atoms with E-state index in [2.05, 4.69) is 11.4 Å². The van der Waals surface area contributed by atoms with Crippen LogP contribution in [0.15, 0.2) is 17.0 Å². The maximum atomic E-state index is 8.90. The van der Waals surface area contributed by atoms with Crippen LogP contribution in [0, 0.1) is 0 Å². The number of aliphatic hydroxyl groups is 1. The predicted molar refractivity (Wildman–Crippen MR) is 69.5 cm³/mol. The average molecular weight is 258 g/mol. The van der Waals surface area contributed by atoms with E-state index in [9.17, 15) is 0 Å². The van der Waals surface area contributed by atoms with Crippen molar-refractivity contribution >= 4 is 23.4 Å². The molecule has 16 heavy (non-hydrogen) atoms. The maximum absolute atomic E-state index is 8.90. The topological polar surface area (TPSA) is 32.3 Å². The zero-order chi connectivity index (χ0) is 11.4. The molecule has 0 fully saturated rings. The van der Waals surface area contributed by atoms with E-state index in [0.717, 1.165) is 35.8 Å². The molecule has 2 rings (SSSR count). The lowest BCUT2D eigenvalue weighted by Gasteiger charge is -2.13. The Balaban J connectivity index is 2.32. The van der Waals surface area contributed by atoms with Crippen LogP contribution in [0.5, 0.6) is 0 Å². The van der Waals surface area contributed by atoms with E-state index >= 15 is 0 Å². The van der Waals surface area contributed by atoms with Crippen LogP contribution in [-0.2, 0) is 12.8 Å². The molecule has 88 valence electrons. The van der Waals surface area contributed by atoms with Crippen LogP contribution in [0.3, 0.4) is 0 Å². The lowest BCUT2D eigenvalue weighted by atomic mass is 10.0. The molecule has 4 heteroatoms. The zero-order valence-corrected chi connectivity index (χ0v) is 10.7. The van der Waals surface area contributed by atoms with E-state index in [1.165, 1.54) is 11.1 Å². The molecular weight excluding hydrogens is 242 g/mol. The fourth-order valence-corrected chi connectivity index (χ4v) is 3.26. The van der Waals surface area contributed by atoms with E-state index in [1.807, 2.05) is 6.07 Å². The first-order chi connectivity index (χ1) is 7.83. The molecule has 1 aliphatic rings. The highest BCUT2D eigenvalue weighted by molar-refractivity contribution is 7.99. The molecule has 0 bridgehead atoms. The molecule has 0 aliphatic carbocycles. The third-order valence-corrected chi connectivity index (χ3v) is 4.34. The maximum Gasteiger partial charge on any atom is 0.0544 e. The number of aliphatic hydroxyl groups excluding tert-OH is 1. The quantitative estimate of drug-likeness (QED) is 0.814. The highest BCUT2D eigenvalue weighted by Gasteiger charge is 2.14. The number of hydrogen-bond donors (Lipinski definition) is 2. The molecule has 0 aromatic heterocycles. The minimum absolute atomic E-state index is 0.197. The first-order valence-corrected chi connectivity index (χ1v) is 6.94. The summed E-state index contributed by atoms with van der Waals surface area (Å²) in [5.41, 5.74) is 2.77. The molecule has 1 aromatic carbocycles. The van der Waals surface area contributed by atoms with Crippen molar-refractivity contribution in [1.29, 1.82) is 0 Å². The van der Waals surface area contributed by atoms with Gasteiger partial charge in [-0.1, -0.05) is 17.7 Å². The van der Waals surface area contributed by atoms with Crippen LogP contribution in [0.25, 0.3) is 0 Å². The van der Waals surface area contributed by atoms with Gasteiger partial charge in [0.25, 0.3) is 0 Å². The number of rotatable bonds is 3. The van der Waals surface area contributed by atoms with Crippen molar-refractivity contribution in [3.05, 3.63) is 28.3 Å². The van der Waals surface area contributed by atoms with Crippen molar-refractivity contribution in [1.82, 2.24) is 5.32 Å². The van der Waals surface area contributed by atoms with Crippen molar-refractivity contribution in [2.75, 3.05) is 25.4 Å². The number of halogens is 1. The van der Waals surface area contributed by atoms with E-state index in [0.29, 0.717) is 5.75 Å². The Labute approximate surface area is 105 Å². The summed E-state index contributed by atoms with van der Waals surface area (Å²) >= 11 is 7.89. The van der Waals surface area contributed by atoms with Gasteiger partial charge < -0.3 is 10.4 Å². The van der Waals surface area contributed by atoms with Crippen LogP contribution in [0.4, 0.5) is 0 Å². The summed E-state index contributed by atoms with van der Waals surface area (Å²) in [5, 5.41) is 13.1. The van der Waals surface area contributed by atoms with Gasteiger partial charge in [0.05, 0.1) is 11.6 Å². The standard InChI is InChI=1S/C12H16ClNOS/c13-11-2-1-9-3-5-14-6-4-10(9)12(11)16-8-7-15/h1-2,14-15H,3-8H2. The van der Waals surface area contributed by atoms with Crippen LogP contribution < -0.4 is 5.32 Å². The normalized spacial score (nSPS) is 15.6. The van der Waals surface area contributed by atoms with Crippen LogP contribution in [-0.4, -0.2) is 30.6 Å². The number of fused-ring (bicyclic) bond motifs is 1. The molecule has 0 saturated carbocycles. The number of hydrogen-bond acceptors (Lipinski definition) is 3. The Bertz CT molecular complexity index is 370. The van der Waals surface area contributed by atoms with Gasteiger partial charge in [0, 0.05) is 10.6 Å². The molecule has 0 amide bonds. The van der Waals surface area contributed by atoms with Gasteiger partial charge in [0.15, 0.2) is 0 Å². The van der Waals surface area contributed by atoms with Gasteiger partial charge in [0.1, 0.15) is 0 Å². The highest BCUT2D eigenvalue weighted by Crippen LogP contribution is 2.33. The summed E-state index contributed by atoms with van der Waals surface area (Å²) in [4.78, 5) is 1.16. The van der Waals surface area contributed by atoms with Crippen LogP contribution in [0.1, 0.15) is 11.1 Å². The summed E-state index contributed by atoms with van der Waals surface area (Å²) in [6, 6.07) is 4.11. The fraction of sp³-hybridized carbons (Fsp3) is 0.500. The van der Waals surface area contributed by atoms with Crippen LogP contribution >= 0.6 is 23.4 Å². The first kappa shape index (κ1) is 12.2. The van der Waals surface area contributed by atoms with Gasteiger partial charge in [-0.3, -0.25) is 0 Å². The second kappa shape index (κ2) is 5.92. The lowest BCUT2D eigenvalue weighted by molar-refractivity contribution is 0.322.